The predicted molar refractivity (Wildman–Crippen MR) is 80.6 cm³/mol. The van der Waals surface area contributed by atoms with Crippen molar-refractivity contribution in [2.24, 2.45) is 0 Å². The number of nitrogens with zero attached hydrogens (tertiary/aromatic N) is 1. The van der Waals surface area contributed by atoms with Crippen LogP contribution in [0.3, 0.4) is 0 Å². The molecule has 1 heterocycles. The first kappa shape index (κ1) is 16.3. The number of esters is 2. The van der Waals surface area contributed by atoms with E-state index in [1.165, 1.54) is 26.4 Å². The van der Waals surface area contributed by atoms with E-state index in [1.807, 2.05) is 0 Å². The Morgan fingerprint density at radius 1 is 1.09 bits per heavy atom. The topological polar surface area (TPSA) is 74.7 Å². The second-order valence-electron chi connectivity index (χ2n) is 4.15. The lowest BCUT2D eigenvalue weighted by Gasteiger charge is -2.11. The summed E-state index contributed by atoms with van der Waals surface area (Å²) in [5, 5.41) is 1.08. The zero-order chi connectivity index (χ0) is 16.3. The zero-order valence-electron chi connectivity index (χ0n) is 11.7. The number of ether oxygens (including phenoxy) is 3. The van der Waals surface area contributed by atoms with Crippen molar-refractivity contribution >= 4 is 46.0 Å². The van der Waals surface area contributed by atoms with Gasteiger partial charge in [-0.3, -0.25) is 0 Å². The van der Waals surface area contributed by atoms with Crippen molar-refractivity contribution in [1.29, 1.82) is 0 Å². The van der Waals surface area contributed by atoms with E-state index in [-0.39, 0.29) is 23.1 Å². The first-order chi connectivity index (χ1) is 10.5. The van der Waals surface area contributed by atoms with E-state index in [9.17, 15) is 9.59 Å². The molecule has 1 aromatic heterocycles. The summed E-state index contributed by atoms with van der Waals surface area (Å²) in [4.78, 5) is 27.0. The summed E-state index contributed by atoms with van der Waals surface area (Å²) >= 11 is 11.9. The number of halogens is 2. The molecule has 0 amide bonds. The number of carbonyl (C=O) groups is 2. The van der Waals surface area contributed by atoms with Crippen LogP contribution in [0.1, 0.15) is 10.5 Å². The van der Waals surface area contributed by atoms with E-state index in [2.05, 4.69) is 14.5 Å². The molecule has 2 aromatic rings. The second-order valence-corrected chi connectivity index (χ2v) is 4.96. The molecule has 0 N–H and O–H groups in total. The fourth-order valence-corrected chi connectivity index (χ4v) is 2.04. The highest BCUT2D eigenvalue weighted by Crippen LogP contribution is 2.33. The maximum absolute atomic E-state index is 11.7. The molecule has 8 heteroatoms. The minimum absolute atomic E-state index is 0.0215. The third kappa shape index (κ3) is 3.40. The van der Waals surface area contributed by atoms with Crippen molar-refractivity contribution < 1.29 is 23.8 Å². The molecule has 0 saturated carbocycles. The van der Waals surface area contributed by atoms with Crippen LogP contribution in [0.25, 0.3) is 10.9 Å². The molecule has 0 aliphatic heterocycles. The van der Waals surface area contributed by atoms with Crippen molar-refractivity contribution in [3.63, 3.8) is 0 Å². The van der Waals surface area contributed by atoms with E-state index in [0.29, 0.717) is 15.9 Å². The molecule has 0 aliphatic carbocycles. The van der Waals surface area contributed by atoms with Gasteiger partial charge in [0.15, 0.2) is 12.3 Å². The summed E-state index contributed by atoms with van der Waals surface area (Å²) in [7, 11) is 2.48. The molecular formula is C14H11Cl2NO5. The number of benzene rings is 1. The van der Waals surface area contributed by atoms with Crippen LogP contribution in [0, 0.1) is 0 Å². The van der Waals surface area contributed by atoms with Crippen molar-refractivity contribution in [2.45, 2.75) is 0 Å². The molecule has 0 aliphatic rings. The van der Waals surface area contributed by atoms with Gasteiger partial charge in [0.2, 0.25) is 0 Å². The number of hydrogen-bond donors (Lipinski definition) is 0. The number of rotatable bonds is 4. The van der Waals surface area contributed by atoms with Gasteiger partial charge in [-0.2, -0.15) is 0 Å². The number of aromatic nitrogens is 1. The number of hydrogen-bond acceptors (Lipinski definition) is 6. The number of fused-ring (bicyclic) bond motifs is 1. The van der Waals surface area contributed by atoms with Crippen molar-refractivity contribution in [1.82, 2.24) is 4.98 Å². The molecule has 1 aromatic carbocycles. The van der Waals surface area contributed by atoms with Gasteiger partial charge < -0.3 is 14.2 Å². The van der Waals surface area contributed by atoms with Crippen LogP contribution in [-0.2, 0) is 14.3 Å². The van der Waals surface area contributed by atoms with Gasteiger partial charge in [-0.15, -0.1) is 0 Å². The Labute approximate surface area is 135 Å². The number of pyridine rings is 1. The van der Waals surface area contributed by atoms with E-state index in [0.717, 1.165) is 0 Å². The van der Waals surface area contributed by atoms with Crippen molar-refractivity contribution in [2.75, 3.05) is 20.8 Å². The molecule has 116 valence electrons. The smallest absolute Gasteiger partial charge is 0.356 e. The third-order valence-corrected chi connectivity index (χ3v) is 3.50. The third-order valence-electron chi connectivity index (χ3n) is 2.78. The first-order valence-corrected chi connectivity index (χ1v) is 6.79. The molecule has 6 nitrogen and oxygen atoms in total. The van der Waals surface area contributed by atoms with Crippen LogP contribution < -0.4 is 4.74 Å². The van der Waals surface area contributed by atoms with Gasteiger partial charge in [-0.25, -0.2) is 14.6 Å². The van der Waals surface area contributed by atoms with E-state index in [4.69, 9.17) is 27.9 Å². The average molecular weight is 344 g/mol. The fourth-order valence-electron chi connectivity index (χ4n) is 1.71. The predicted octanol–water partition coefficient (Wildman–Crippen LogP) is 2.88. The summed E-state index contributed by atoms with van der Waals surface area (Å²) in [6, 6.07) is 4.40. The Morgan fingerprint density at radius 2 is 1.77 bits per heavy atom. The van der Waals surface area contributed by atoms with E-state index >= 15 is 0 Å². The molecule has 0 fully saturated rings. The molecule has 0 bridgehead atoms. The maximum atomic E-state index is 11.7. The van der Waals surface area contributed by atoms with Crippen LogP contribution in [0.5, 0.6) is 5.75 Å². The van der Waals surface area contributed by atoms with Crippen LogP contribution in [0.2, 0.25) is 10.0 Å². The lowest BCUT2D eigenvalue weighted by Crippen LogP contribution is -2.13. The number of methoxy groups -OCH3 is 2. The molecule has 2 rings (SSSR count). The molecule has 0 unspecified atom stereocenters. The van der Waals surface area contributed by atoms with Gasteiger partial charge in [0.1, 0.15) is 5.75 Å². The molecule has 0 saturated heterocycles. The molecule has 0 spiro atoms. The van der Waals surface area contributed by atoms with Crippen LogP contribution in [-0.4, -0.2) is 37.7 Å². The number of carbonyl (C=O) groups excluding carboxylic acids is 2. The highest BCUT2D eigenvalue weighted by molar-refractivity contribution is 6.42. The summed E-state index contributed by atoms with van der Waals surface area (Å²) in [5.41, 5.74) is 0.408. The highest BCUT2D eigenvalue weighted by atomic mass is 35.5. The minimum Gasteiger partial charge on any atom is -0.481 e. The van der Waals surface area contributed by atoms with Crippen LogP contribution >= 0.6 is 23.2 Å². The Kier molecular flexibility index (Phi) is 5.05. The lowest BCUT2D eigenvalue weighted by atomic mass is 10.2. The van der Waals surface area contributed by atoms with Crippen molar-refractivity contribution in [3.05, 3.63) is 33.9 Å². The summed E-state index contributed by atoms with van der Waals surface area (Å²) in [6.07, 6.45) is 0. The summed E-state index contributed by atoms with van der Waals surface area (Å²) in [6.45, 7) is -0.323. The Balaban J connectivity index is 2.56. The maximum Gasteiger partial charge on any atom is 0.356 e. The molecule has 0 atom stereocenters. The second kappa shape index (κ2) is 6.81. The van der Waals surface area contributed by atoms with Gasteiger partial charge in [-0.05, 0) is 12.1 Å². The monoisotopic (exact) mass is 343 g/mol. The summed E-state index contributed by atoms with van der Waals surface area (Å²) in [5.74, 6) is -0.963. The van der Waals surface area contributed by atoms with Gasteiger partial charge in [0, 0.05) is 11.5 Å². The normalized spacial score (nSPS) is 10.4. The quantitative estimate of drug-likeness (QED) is 0.794. The van der Waals surface area contributed by atoms with Gasteiger partial charge >= 0.3 is 11.9 Å². The Bertz CT molecular complexity index is 748. The molecule has 0 radical (unpaired) electrons. The Morgan fingerprint density at radius 3 is 2.41 bits per heavy atom. The van der Waals surface area contributed by atoms with E-state index < -0.39 is 11.9 Å². The standard InChI is InChI=1S/C14H11Cl2NO5/c1-20-13(18)6-22-12-5-11(14(19)21-2)17-10-4-9(16)8(15)3-7(10)12/h3-5H,6H2,1-2H3. The molecule has 22 heavy (non-hydrogen) atoms. The fraction of sp³-hybridized carbons (Fsp3) is 0.214. The van der Waals surface area contributed by atoms with Gasteiger partial charge in [0.05, 0.1) is 29.8 Å². The molecular weight excluding hydrogens is 333 g/mol. The van der Waals surface area contributed by atoms with Crippen LogP contribution in [0.4, 0.5) is 0 Å². The lowest BCUT2D eigenvalue weighted by molar-refractivity contribution is -0.142. The highest BCUT2D eigenvalue weighted by Gasteiger charge is 2.16. The first-order valence-electron chi connectivity index (χ1n) is 6.04. The average Bonchev–Trinajstić information content (AvgIpc) is 2.52. The van der Waals surface area contributed by atoms with Gasteiger partial charge in [-0.1, -0.05) is 23.2 Å². The SMILES string of the molecule is COC(=O)COc1cc(C(=O)OC)nc2cc(Cl)c(Cl)cc12. The minimum atomic E-state index is -0.643. The van der Waals surface area contributed by atoms with Crippen molar-refractivity contribution in [3.8, 4) is 5.75 Å². The largest absolute Gasteiger partial charge is 0.481 e. The van der Waals surface area contributed by atoms with E-state index in [1.54, 1.807) is 6.07 Å². The van der Waals surface area contributed by atoms with Gasteiger partial charge in [0.25, 0.3) is 0 Å². The Hall–Kier alpha value is -2.05. The van der Waals surface area contributed by atoms with Crippen LogP contribution in [0.15, 0.2) is 18.2 Å². The summed E-state index contributed by atoms with van der Waals surface area (Å²) < 4.78 is 14.5. The zero-order valence-corrected chi connectivity index (χ0v) is 13.2.